The Morgan fingerprint density at radius 2 is 2.07 bits per heavy atom. The molecule has 1 aliphatic heterocycles. The number of likely N-dealkylation sites (tertiary alicyclic amines) is 1. The van der Waals surface area contributed by atoms with Gasteiger partial charge in [0.2, 0.25) is 0 Å². The molecule has 1 rings (SSSR count). The minimum Gasteiger partial charge on any atom is -0.317 e. The van der Waals surface area contributed by atoms with E-state index in [2.05, 4.69) is 17.1 Å². The van der Waals surface area contributed by atoms with Crippen molar-refractivity contribution in [1.82, 2.24) is 10.2 Å². The topological polar surface area (TPSA) is 32.3 Å². The largest absolute Gasteiger partial charge is 0.317 e. The highest BCUT2D eigenvalue weighted by Gasteiger charge is 2.18. The van der Waals surface area contributed by atoms with Crippen LogP contribution in [0.25, 0.3) is 0 Å². The van der Waals surface area contributed by atoms with E-state index in [0.717, 1.165) is 25.9 Å². The van der Waals surface area contributed by atoms with Crippen molar-refractivity contribution in [1.29, 1.82) is 0 Å². The maximum atomic E-state index is 11.4. The Balaban J connectivity index is 2.18. The van der Waals surface area contributed by atoms with E-state index in [0.29, 0.717) is 18.4 Å². The highest BCUT2D eigenvalue weighted by Crippen LogP contribution is 2.09. The van der Waals surface area contributed by atoms with Gasteiger partial charge in [-0.15, -0.1) is 0 Å². The number of nitrogens with one attached hydrogen (secondary N) is 1. The molecule has 1 saturated heterocycles. The average Bonchev–Trinajstić information content (AvgIpc) is 2.19. The van der Waals surface area contributed by atoms with Crippen molar-refractivity contribution < 1.29 is 4.79 Å². The van der Waals surface area contributed by atoms with Crippen molar-refractivity contribution in [3.05, 3.63) is 0 Å². The molecule has 1 aliphatic rings. The number of hydrogen-bond acceptors (Lipinski definition) is 3. The molecule has 1 N–H and O–H groups in total. The standard InChI is InChI=1S/C11H22N2O/c1-3-4-11(14)9-13-7-5-10(12-2)6-8-13/h10,12H,3-9H2,1-2H3. The monoisotopic (exact) mass is 198 g/mol. The Hall–Kier alpha value is -0.410. The first kappa shape index (κ1) is 11.7. The lowest BCUT2D eigenvalue weighted by atomic mass is 10.0. The number of Topliss-reactive ketones (excluding diaryl/α,β-unsaturated/α-hetero) is 1. The van der Waals surface area contributed by atoms with Crippen LogP contribution in [0.2, 0.25) is 0 Å². The van der Waals surface area contributed by atoms with Gasteiger partial charge in [-0.05, 0) is 26.3 Å². The molecule has 0 unspecified atom stereocenters. The van der Waals surface area contributed by atoms with Crippen LogP contribution in [0.1, 0.15) is 32.6 Å². The minimum absolute atomic E-state index is 0.399. The fraction of sp³-hybridized carbons (Fsp3) is 0.909. The van der Waals surface area contributed by atoms with Crippen LogP contribution >= 0.6 is 0 Å². The Morgan fingerprint density at radius 3 is 2.57 bits per heavy atom. The first-order valence-corrected chi connectivity index (χ1v) is 5.67. The summed E-state index contributed by atoms with van der Waals surface area (Å²) in [7, 11) is 2.02. The van der Waals surface area contributed by atoms with Crippen molar-refractivity contribution in [2.45, 2.75) is 38.6 Å². The Kier molecular flexibility index (Phi) is 5.12. The van der Waals surface area contributed by atoms with E-state index in [1.165, 1.54) is 12.8 Å². The van der Waals surface area contributed by atoms with E-state index >= 15 is 0 Å². The van der Waals surface area contributed by atoms with Gasteiger partial charge in [0.05, 0.1) is 6.54 Å². The maximum Gasteiger partial charge on any atom is 0.146 e. The molecule has 0 bridgehead atoms. The molecular formula is C11H22N2O. The van der Waals surface area contributed by atoms with Crippen LogP contribution in [0, 0.1) is 0 Å². The number of ketones is 1. The molecule has 0 saturated carbocycles. The van der Waals surface area contributed by atoms with Gasteiger partial charge in [-0.1, -0.05) is 6.92 Å². The fourth-order valence-corrected chi connectivity index (χ4v) is 1.99. The van der Waals surface area contributed by atoms with Crippen LogP contribution in [0.5, 0.6) is 0 Å². The number of piperidine rings is 1. The SMILES string of the molecule is CCCC(=O)CN1CCC(NC)CC1. The number of hydrogen-bond donors (Lipinski definition) is 1. The van der Waals surface area contributed by atoms with Gasteiger partial charge >= 0.3 is 0 Å². The Labute approximate surface area is 86.9 Å². The Bertz CT molecular complexity index is 174. The molecule has 0 amide bonds. The molecule has 0 aromatic rings. The van der Waals surface area contributed by atoms with Gasteiger partial charge in [-0.3, -0.25) is 9.69 Å². The van der Waals surface area contributed by atoms with Crippen molar-refractivity contribution in [2.24, 2.45) is 0 Å². The summed E-state index contributed by atoms with van der Waals surface area (Å²) < 4.78 is 0. The summed E-state index contributed by atoms with van der Waals surface area (Å²) in [5, 5.41) is 3.29. The number of carbonyl (C=O) groups is 1. The summed E-state index contributed by atoms with van der Waals surface area (Å²) in [4.78, 5) is 13.7. The fourth-order valence-electron chi connectivity index (χ4n) is 1.99. The van der Waals surface area contributed by atoms with Crippen LogP contribution in [0.3, 0.4) is 0 Å². The van der Waals surface area contributed by atoms with Crippen molar-refractivity contribution in [3.63, 3.8) is 0 Å². The van der Waals surface area contributed by atoms with Crippen molar-refractivity contribution >= 4 is 5.78 Å². The molecule has 3 nitrogen and oxygen atoms in total. The number of nitrogens with zero attached hydrogens (tertiary/aromatic N) is 1. The Morgan fingerprint density at radius 1 is 1.43 bits per heavy atom. The smallest absolute Gasteiger partial charge is 0.146 e. The van der Waals surface area contributed by atoms with Crippen LogP contribution in [0.15, 0.2) is 0 Å². The number of carbonyl (C=O) groups excluding carboxylic acids is 1. The van der Waals surface area contributed by atoms with Gasteiger partial charge in [-0.2, -0.15) is 0 Å². The highest BCUT2D eigenvalue weighted by molar-refractivity contribution is 5.80. The first-order chi connectivity index (χ1) is 6.76. The van der Waals surface area contributed by atoms with E-state index in [1.54, 1.807) is 0 Å². The molecule has 0 spiro atoms. The third kappa shape index (κ3) is 3.76. The molecule has 1 heterocycles. The third-order valence-electron chi connectivity index (χ3n) is 2.92. The van der Waals surface area contributed by atoms with E-state index in [4.69, 9.17) is 0 Å². The van der Waals surface area contributed by atoms with Gasteiger partial charge in [-0.25, -0.2) is 0 Å². The minimum atomic E-state index is 0.399. The van der Waals surface area contributed by atoms with E-state index in [-0.39, 0.29) is 0 Å². The van der Waals surface area contributed by atoms with Crippen molar-refractivity contribution in [2.75, 3.05) is 26.7 Å². The van der Waals surface area contributed by atoms with Crippen LogP contribution in [0.4, 0.5) is 0 Å². The van der Waals surface area contributed by atoms with E-state index < -0.39 is 0 Å². The molecule has 0 aromatic heterocycles. The lowest BCUT2D eigenvalue weighted by Gasteiger charge is -2.31. The van der Waals surface area contributed by atoms with E-state index in [1.807, 2.05) is 7.05 Å². The molecule has 0 aliphatic carbocycles. The normalized spacial score (nSPS) is 19.9. The second-order valence-corrected chi connectivity index (χ2v) is 4.13. The molecular weight excluding hydrogens is 176 g/mol. The van der Waals surface area contributed by atoms with Crippen LogP contribution < -0.4 is 5.32 Å². The predicted octanol–water partition coefficient (Wildman–Crippen LogP) is 1.04. The first-order valence-electron chi connectivity index (χ1n) is 5.67. The van der Waals surface area contributed by atoms with Crippen LogP contribution in [-0.2, 0) is 4.79 Å². The maximum absolute atomic E-state index is 11.4. The summed E-state index contributed by atoms with van der Waals surface area (Å²) in [5.41, 5.74) is 0. The highest BCUT2D eigenvalue weighted by atomic mass is 16.1. The van der Waals surface area contributed by atoms with Gasteiger partial charge < -0.3 is 5.32 Å². The lowest BCUT2D eigenvalue weighted by Crippen LogP contribution is -2.43. The van der Waals surface area contributed by atoms with E-state index in [9.17, 15) is 4.79 Å². The summed E-state index contributed by atoms with van der Waals surface area (Å²) in [6, 6.07) is 0.660. The van der Waals surface area contributed by atoms with Crippen molar-refractivity contribution in [3.8, 4) is 0 Å². The molecule has 0 radical (unpaired) electrons. The lowest BCUT2D eigenvalue weighted by molar-refractivity contribution is -0.120. The molecule has 14 heavy (non-hydrogen) atoms. The zero-order valence-corrected chi connectivity index (χ0v) is 9.38. The summed E-state index contributed by atoms with van der Waals surface area (Å²) in [5.74, 6) is 0.399. The zero-order chi connectivity index (χ0) is 10.4. The molecule has 0 atom stereocenters. The zero-order valence-electron chi connectivity index (χ0n) is 9.38. The van der Waals surface area contributed by atoms with Gasteiger partial charge in [0, 0.05) is 25.6 Å². The number of rotatable bonds is 5. The molecule has 0 aromatic carbocycles. The molecule has 1 fully saturated rings. The summed E-state index contributed by atoms with van der Waals surface area (Å²) in [6.07, 6.45) is 4.07. The second kappa shape index (κ2) is 6.14. The molecule has 82 valence electrons. The van der Waals surface area contributed by atoms with Gasteiger partial charge in [0.1, 0.15) is 5.78 Å². The van der Waals surface area contributed by atoms with Gasteiger partial charge in [0.15, 0.2) is 0 Å². The predicted molar refractivity (Wildman–Crippen MR) is 58.4 cm³/mol. The summed E-state index contributed by atoms with van der Waals surface area (Å²) in [6.45, 7) is 4.87. The van der Waals surface area contributed by atoms with Gasteiger partial charge in [0.25, 0.3) is 0 Å². The average molecular weight is 198 g/mol. The summed E-state index contributed by atoms with van der Waals surface area (Å²) >= 11 is 0. The second-order valence-electron chi connectivity index (χ2n) is 4.13. The van der Waals surface area contributed by atoms with Crippen LogP contribution in [-0.4, -0.2) is 43.4 Å². The molecule has 3 heteroatoms. The quantitative estimate of drug-likeness (QED) is 0.716. The third-order valence-corrected chi connectivity index (χ3v) is 2.92.